The lowest BCUT2D eigenvalue weighted by Gasteiger charge is -2.09. The third-order valence-corrected chi connectivity index (χ3v) is 2.78. The van der Waals surface area contributed by atoms with E-state index < -0.39 is 5.97 Å². The molecule has 0 spiro atoms. The number of hydrogen-bond donors (Lipinski definition) is 1. The van der Waals surface area contributed by atoms with Crippen LogP contribution in [-0.2, 0) is 4.74 Å². The van der Waals surface area contributed by atoms with Crippen molar-refractivity contribution in [3.63, 3.8) is 0 Å². The molecular formula is C9H9ClINO2. The van der Waals surface area contributed by atoms with E-state index in [2.05, 4.69) is 32.6 Å². The van der Waals surface area contributed by atoms with Crippen LogP contribution >= 0.6 is 34.2 Å². The summed E-state index contributed by atoms with van der Waals surface area (Å²) < 4.78 is 5.53. The van der Waals surface area contributed by atoms with E-state index in [1.165, 1.54) is 7.11 Å². The SMILES string of the molecule is CNc1c(I)cc(Cl)cc1C(=O)OC. The zero-order chi connectivity index (χ0) is 10.7. The Bertz CT molecular complexity index is 368. The van der Waals surface area contributed by atoms with Gasteiger partial charge in [0.1, 0.15) is 0 Å². The molecule has 0 saturated heterocycles. The van der Waals surface area contributed by atoms with Crippen LogP contribution < -0.4 is 5.32 Å². The molecule has 0 unspecified atom stereocenters. The van der Waals surface area contributed by atoms with Crippen molar-refractivity contribution in [1.82, 2.24) is 0 Å². The maximum Gasteiger partial charge on any atom is 0.340 e. The summed E-state index contributed by atoms with van der Waals surface area (Å²) in [4.78, 5) is 11.4. The first-order valence-corrected chi connectivity index (χ1v) is 5.31. The van der Waals surface area contributed by atoms with E-state index in [4.69, 9.17) is 11.6 Å². The summed E-state index contributed by atoms with van der Waals surface area (Å²) >= 11 is 7.95. The Kier molecular flexibility index (Phi) is 4.00. The Morgan fingerprint density at radius 1 is 1.57 bits per heavy atom. The second kappa shape index (κ2) is 4.84. The van der Waals surface area contributed by atoms with Crippen molar-refractivity contribution in [2.24, 2.45) is 0 Å². The van der Waals surface area contributed by atoms with Crippen LogP contribution in [0.3, 0.4) is 0 Å². The van der Waals surface area contributed by atoms with Gasteiger partial charge in [-0.3, -0.25) is 0 Å². The molecule has 0 aliphatic rings. The standard InChI is InChI=1S/C9H9ClINO2/c1-12-8-6(9(13)14-2)3-5(10)4-7(8)11/h3-4,12H,1-2H3. The quantitative estimate of drug-likeness (QED) is 0.671. The van der Waals surface area contributed by atoms with Gasteiger partial charge in [-0.25, -0.2) is 4.79 Å². The van der Waals surface area contributed by atoms with E-state index in [9.17, 15) is 4.79 Å². The molecule has 3 nitrogen and oxygen atoms in total. The van der Waals surface area contributed by atoms with Crippen molar-refractivity contribution in [2.75, 3.05) is 19.5 Å². The molecule has 1 aromatic rings. The van der Waals surface area contributed by atoms with E-state index in [0.29, 0.717) is 10.6 Å². The molecule has 0 saturated carbocycles. The summed E-state index contributed by atoms with van der Waals surface area (Å²) in [6.45, 7) is 0. The molecule has 0 heterocycles. The normalized spacial score (nSPS) is 9.71. The summed E-state index contributed by atoms with van der Waals surface area (Å²) in [5.41, 5.74) is 1.19. The number of carbonyl (C=O) groups excluding carboxylic acids is 1. The summed E-state index contributed by atoms with van der Waals surface area (Å²) in [5.74, 6) is -0.394. The summed E-state index contributed by atoms with van der Waals surface area (Å²) in [6.07, 6.45) is 0. The van der Waals surface area contributed by atoms with Crippen molar-refractivity contribution in [2.45, 2.75) is 0 Å². The van der Waals surface area contributed by atoms with Crippen LogP contribution in [-0.4, -0.2) is 20.1 Å². The van der Waals surface area contributed by atoms with Crippen LogP contribution in [0, 0.1) is 3.57 Å². The van der Waals surface area contributed by atoms with E-state index in [0.717, 1.165) is 9.26 Å². The monoisotopic (exact) mass is 325 g/mol. The van der Waals surface area contributed by atoms with Gasteiger partial charge in [-0.15, -0.1) is 0 Å². The minimum absolute atomic E-state index is 0.394. The number of hydrogen-bond acceptors (Lipinski definition) is 3. The van der Waals surface area contributed by atoms with E-state index >= 15 is 0 Å². The summed E-state index contributed by atoms with van der Waals surface area (Å²) in [7, 11) is 3.09. The lowest BCUT2D eigenvalue weighted by atomic mass is 10.2. The number of benzene rings is 1. The number of rotatable bonds is 2. The molecule has 1 aromatic carbocycles. The fourth-order valence-corrected chi connectivity index (χ4v) is 2.40. The Hall–Kier alpha value is -0.490. The van der Waals surface area contributed by atoms with Crippen molar-refractivity contribution in [1.29, 1.82) is 0 Å². The van der Waals surface area contributed by atoms with Gasteiger partial charge in [-0.05, 0) is 34.7 Å². The van der Waals surface area contributed by atoms with Crippen LogP contribution in [0.5, 0.6) is 0 Å². The number of carbonyl (C=O) groups is 1. The molecule has 0 radical (unpaired) electrons. The van der Waals surface area contributed by atoms with Gasteiger partial charge in [0.15, 0.2) is 0 Å². The van der Waals surface area contributed by atoms with Gasteiger partial charge in [0, 0.05) is 15.6 Å². The average molecular weight is 326 g/mol. The van der Waals surface area contributed by atoms with E-state index in [1.54, 1.807) is 19.2 Å². The lowest BCUT2D eigenvalue weighted by molar-refractivity contribution is 0.0602. The van der Waals surface area contributed by atoms with Crippen LogP contribution in [0.15, 0.2) is 12.1 Å². The third-order valence-electron chi connectivity index (χ3n) is 1.71. The Morgan fingerprint density at radius 2 is 2.21 bits per heavy atom. The third kappa shape index (κ3) is 2.30. The largest absolute Gasteiger partial charge is 0.465 e. The first-order valence-electron chi connectivity index (χ1n) is 3.85. The highest BCUT2D eigenvalue weighted by molar-refractivity contribution is 14.1. The van der Waals surface area contributed by atoms with Crippen LogP contribution in [0.4, 0.5) is 5.69 Å². The highest BCUT2D eigenvalue weighted by atomic mass is 127. The zero-order valence-corrected chi connectivity index (χ0v) is 10.6. The fraction of sp³-hybridized carbons (Fsp3) is 0.222. The van der Waals surface area contributed by atoms with Crippen LogP contribution in [0.25, 0.3) is 0 Å². The van der Waals surface area contributed by atoms with E-state index in [-0.39, 0.29) is 0 Å². The molecule has 0 aliphatic carbocycles. The second-order valence-electron chi connectivity index (χ2n) is 2.55. The van der Waals surface area contributed by atoms with Gasteiger partial charge in [-0.1, -0.05) is 11.6 Å². The van der Waals surface area contributed by atoms with Crippen molar-refractivity contribution in [3.05, 3.63) is 26.3 Å². The molecular weight excluding hydrogens is 316 g/mol. The Labute approximate surface area is 101 Å². The molecule has 0 atom stereocenters. The minimum Gasteiger partial charge on any atom is -0.465 e. The van der Waals surface area contributed by atoms with Gasteiger partial charge in [-0.2, -0.15) is 0 Å². The number of anilines is 1. The van der Waals surface area contributed by atoms with Gasteiger partial charge >= 0.3 is 5.97 Å². The van der Waals surface area contributed by atoms with Crippen molar-refractivity contribution in [3.8, 4) is 0 Å². The first-order chi connectivity index (χ1) is 6.60. The molecule has 1 N–H and O–H groups in total. The average Bonchev–Trinajstić information content (AvgIpc) is 2.15. The molecule has 14 heavy (non-hydrogen) atoms. The predicted octanol–water partition coefficient (Wildman–Crippen LogP) is 2.77. The predicted molar refractivity (Wildman–Crippen MR) is 65.1 cm³/mol. The maximum absolute atomic E-state index is 11.4. The Morgan fingerprint density at radius 3 is 2.71 bits per heavy atom. The number of esters is 1. The molecule has 5 heteroatoms. The van der Waals surface area contributed by atoms with Crippen LogP contribution in [0.1, 0.15) is 10.4 Å². The number of nitrogens with one attached hydrogen (secondary N) is 1. The van der Waals surface area contributed by atoms with Crippen LogP contribution in [0.2, 0.25) is 5.02 Å². The molecule has 0 aromatic heterocycles. The maximum atomic E-state index is 11.4. The fourth-order valence-electron chi connectivity index (χ4n) is 1.10. The zero-order valence-electron chi connectivity index (χ0n) is 7.73. The molecule has 1 rings (SSSR count). The summed E-state index contributed by atoms with van der Waals surface area (Å²) in [5, 5.41) is 3.46. The molecule has 0 amide bonds. The Balaban J connectivity index is 3.32. The smallest absolute Gasteiger partial charge is 0.340 e. The molecule has 0 aliphatic heterocycles. The lowest BCUT2D eigenvalue weighted by Crippen LogP contribution is -2.07. The number of methoxy groups -OCH3 is 1. The van der Waals surface area contributed by atoms with Gasteiger partial charge in [0.2, 0.25) is 0 Å². The molecule has 0 bridgehead atoms. The topological polar surface area (TPSA) is 38.3 Å². The first kappa shape index (κ1) is 11.6. The van der Waals surface area contributed by atoms with Gasteiger partial charge < -0.3 is 10.1 Å². The van der Waals surface area contributed by atoms with E-state index in [1.807, 2.05) is 0 Å². The minimum atomic E-state index is -0.394. The molecule has 0 fully saturated rings. The number of ether oxygens (including phenoxy) is 1. The van der Waals surface area contributed by atoms with Gasteiger partial charge in [0.05, 0.1) is 18.4 Å². The highest BCUT2D eigenvalue weighted by Crippen LogP contribution is 2.27. The highest BCUT2D eigenvalue weighted by Gasteiger charge is 2.14. The molecule has 76 valence electrons. The van der Waals surface area contributed by atoms with Crippen molar-refractivity contribution < 1.29 is 9.53 Å². The number of halogens is 2. The van der Waals surface area contributed by atoms with Crippen molar-refractivity contribution >= 4 is 45.8 Å². The summed E-state index contributed by atoms with van der Waals surface area (Å²) in [6, 6.07) is 3.36. The second-order valence-corrected chi connectivity index (χ2v) is 4.15. The van der Waals surface area contributed by atoms with Gasteiger partial charge in [0.25, 0.3) is 0 Å².